The third-order valence-electron chi connectivity index (χ3n) is 4.93. The van der Waals surface area contributed by atoms with Crippen molar-refractivity contribution in [3.63, 3.8) is 0 Å². The molecule has 2 atom stereocenters. The number of amides is 3. The summed E-state index contributed by atoms with van der Waals surface area (Å²) in [5.74, 6) is -0.00499. The number of hydrogen-bond acceptors (Lipinski definition) is 2. The molecule has 0 unspecified atom stereocenters. The van der Waals surface area contributed by atoms with Gasteiger partial charge in [-0.15, -0.1) is 0 Å². The van der Waals surface area contributed by atoms with Crippen LogP contribution in [0.3, 0.4) is 0 Å². The third-order valence-corrected chi connectivity index (χ3v) is 4.93. The van der Waals surface area contributed by atoms with E-state index in [0.717, 1.165) is 31.5 Å². The Morgan fingerprint density at radius 2 is 1.96 bits per heavy atom. The van der Waals surface area contributed by atoms with Crippen molar-refractivity contribution < 1.29 is 9.59 Å². The maximum atomic E-state index is 12.6. The minimum atomic E-state index is -0.401. The highest BCUT2D eigenvalue weighted by Gasteiger charge is 2.35. The summed E-state index contributed by atoms with van der Waals surface area (Å²) in [5.41, 5.74) is 0.902. The summed E-state index contributed by atoms with van der Waals surface area (Å²) >= 11 is 0. The molecule has 2 aliphatic heterocycles. The molecule has 2 heterocycles. The van der Waals surface area contributed by atoms with Crippen LogP contribution in [0.2, 0.25) is 0 Å². The smallest absolute Gasteiger partial charge is 0.318 e. The quantitative estimate of drug-likeness (QED) is 0.932. The van der Waals surface area contributed by atoms with Crippen molar-refractivity contribution in [2.45, 2.75) is 51.1 Å². The molecule has 0 aliphatic carbocycles. The number of carbonyl (C=O) groups is 2. The first-order valence-corrected chi connectivity index (χ1v) is 8.64. The number of likely N-dealkylation sites (tertiary alicyclic amines) is 1. The van der Waals surface area contributed by atoms with Crippen LogP contribution in [0.4, 0.5) is 10.5 Å². The maximum absolute atomic E-state index is 12.6. The van der Waals surface area contributed by atoms with Gasteiger partial charge in [0.25, 0.3) is 0 Å². The molecule has 0 aromatic heterocycles. The number of nitrogens with zero attached hydrogens (tertiary/aromatic N) is 2. The maximum Gasteiger partial charge on any atom is 0.318 e. The van der Waals surface area contributed by atoms with Gasteiger partial charge >= 0.3 is 6.03 Å². The number of carbonyl (C=O) groups excluding carboxylic acids is 2. The van der Waals surface area contributed by atoms with Gasteiger partial charge in [0.15, 0.2) is 0 Å². The average molecular weight is 315 g/mol. The Morgan fingerprint density at radius 1 is 1.17 bits per heavy atom. The SMILES string of the molecule is CC[C@@H]1CCCCN1C(=O)N[C@H]1CCN(c2ccccc2)C1=O. The molecule has 0 spiro atoms. The van der Waals surface area contributed by atoms with Gasteiger partial charge in [0.05, 0.1) is 0 Å². The van der Waals surface area contributed by atoms with E-state index in [1.807, 2.05) is 35.2 Å². The molecule has 5 nitrogen and oxygen atoms in total. The third kappa shape index (κ3) is 3.33. The van der Waals surface area contributed by atoms with Crippen molar-refractivity contribution in [1.29, 1.82) is 0 Å². The molecule has 2 saturated heterocycles. The predicted octanol–water partition coefficient (Wildman–Crippen LogP) is 2.77. The van der Waals surface area contributed by atoms with Crippen LogP contribution < -0.4 is 10.2 Å². The summed E-state index contributed by atoms with van der Waals surface area (Å²) in [6.07, 6.45) is 4.95. The highest BCUT2D eigenvalue weighted by molar-refractivity contribution is 6.01. The number of para-hydroxylation sites is 1. The summed E-state index contributed by atoms with van der Waals surface area (Å²) in [6, 6.07) is 9.48. The van der Waals surface area contributed by atoms with E-state index in [1.165, 1.54) is 6.42 Å². The molecular weight excluding hydrogens is 290 g/mol. The Morgan fingerprint density at radius 3 is 2.70 bits per heavy atom. The summed E-state index contributed by atoms with van der Waals surface area (Å²) in [6.45, 7) is 3.58. The minimum Gasteiger partial charge on any atom is -0.326 e. The number of urea groups is 1. The van der Waals surface area contributed by atoms with Crippen molar-refractivity contribution in [2.75, 3.05) is 18.0 Å². The van der Waals surface area contributed by atoms with Gasteiger partial charge in [-0.2, -0.15) is 0 Å². The molecule has 0 bridgehead atoms. The van der Waals surface area contributed by atoms with Gasteiger partial charge < -0.3 is 15.1 Å². The van der Waals surface area contributed by atoms with E-state index in [-0.39, 0.29) is 11.9 Å². The Labute approximate surface area is 137 Å². The second-order valence-electron chi connectivity index (χ2n) is 6.37. The minimum absolute atomic E-state index is 0.00499. The van der Waals surface area contributed by atoms with E-state index in [2.05, 4.69) is 12.2 Å². The zero-order chi connectivity index (χ0) is 16.2. The van der Waals surface area contributed by atoms with Gasteiger partial charge in [0.2, 0.25) is 5.91 Å². The normalized spacial score (nSPS) is 24.8. The summed E-state index contributed by atoms with van der Waals surface area (Å²) in [7, 11) is 0. The van der Waals surface area contributed by atoms with Crippen molar-refractivity contribution in [3.05, 3.63) is 30.3 Å². The van der Waals surface area contributed by atoms with E-state index in [9.17, 15) is 9.59 Å². The zero-order valence-corrected chi connectivity index (χ0v) is 13.7. The summed E-state index contributed by atoms with van der Waals surface area (Å²) < 4.78 is 0. The molecule has 1 aromatic rings. The molecule has 5 heteroatoms. The van der Waals surface area contributed by atoms with E-state index < -0.39 is 6.04 Å². The van der Waals surface area contributed by atoms with Gasteiger partial charge in [-0.05, 0) is 44.2 Å². The first kappa shape index (κ1) is 15.8. The molecule has 0 saturated carbocycles. The molecule has 23 heavy (non-hydrogen) atoms. The van der Waals surface area contributed by atoms with E-state index in [0.29, 0.717) is 19.0 Å². The second kappa shape index (κ2) is 7.02. The molecule has 1 aromatic carbocycles. The Kier molecular flexibility index (Phi) is 4.84. The molecular formula is C18H25N3O2. The van der Waals surface area contributed by atoms with Gasteiger partial charge in [-0.1, -0.05) is 25.1 Å². The van der Waals surface area contributed by atoms with Crippen LogP contribution in [0.1, 0.15) is 39.0 Å². The number of piperidine rings is 1. The number of hydrogen-bond donors (Lipinski definition) is 1. The number of nitrogens with one attached hydrogen (secondary N) is 1. The van der Waals surface area contributed by atoms with E-state index >= 15 is 0 Å². The van der Waals surface area contributed by atoms with E-state index in [1.54, 1.807) is 4.90 Å². The number of anilines is 1. The van der Waals surface area contributed by atoms with Crippen molar-refractivity contribution >= 4 is 17.6 Å². The van der Waals surface area contributed by atoms with Gasteiger partial charge in [0.1, 0.15) is 6.04 Å². The van der Waals surface area contributed by atoms with Crippen LogP contribution in [0.25, 0.3) is 0 Å². The number of rotatable bonds is 3. The molecule has 3 amide bonds. The largest absolute Gasteiger partial charge is 0.326 e. The Balaban J connectivity index is 1.62. The van der Waals surface area contributed by atoms with Crippen LogP contribution in [0, 0.1) is 0 Å². The predicted molar refractivity (Wildman–Crippen MR) is 90.4 cm³/mol. The van der Waals surface area contributed by atoms with Gasteiger partial charge in [-0.25, -0.2) is 4.79 Å². The molecule has 2 aliphatic rings. The lowest BCUT2D eigenvalue weighted by molar-refractivity contribution is -0.118. The first-order chi connectivity index (χ1) is 11.2. The lowest BCUT2D eigenvalue weighted by Crippen LogP contribution is -2.52. The molecule has 1 N–H and O–H groups in total. The molecule has 0 radical (unpaired) electrons. The fourth-order valence-corrected chi connectivity index (χ4v) is 3.60. The Bertz CT molecular complexity index is 561. The molecule has 2 fully saturated rings. The summed E-state index contributed by atoms with van der Waals surface area (Å²) in [5, 5.41) is 2.96. The summed E-state index contributed by atoms with van der Waals surface area (Å²) in [4.78, 5) is 28.8. The van der Waals surface area contributed by atoms with Gasteiger partial charge in [0, 0.05) is 24.8 Å². The lowest BCUT2D eigenvalue weighted by Gasteiger charge is -2.35. The zero-order valence-electron chi connectivity index (χ0n) is 13.7. The lowest BCUT2D eigenvalue weighted by atomic mass is 10.0. The van der Waals surface area contributed by atoms with Crippen molar-refractivity contribution in [1.82, 2.24) is 10.2 Å². The van der Waals surface area contributed by atoms with Crippen LogP contribution in [0.5, 0.6) is 0 Å². The first-order valence-electron chi connectivity index (χ1n) is 8.64. The average Bonchev–Trinajstić information content (AvgIpc) is 2.96. The number of benzene rings is 1. The molecule has 3 rings (SSSR count). The van der Waals surface area contributed by atoms with Crippen LogP contribution in [0.15, 0.2) is 30.3 Å². The second-order valence-corrected chi connectivity index (χ2v) is 6.37. The van der Waals surface area contributed by atoms with E-state index in [4.69, 9.17) is 0 Å². The topological polar surface area (TPSA) is 52.7 Å². The fraction of sp³-hybridized carbons (Fsp3) is 0.556. The van der Waals surface area contributed by atoms with Crippen LogP contribution in [-0.2, 0) is 4.79 Å². The van der Waals surface area contributed by atoms with Gasteiger partial charge in [-0.3, -0.25) is 4.79 Å². The molecule has 124 valence electrons. The highest BCUT2D eigenvalue weighted by atomic mass is 16.2. The van der Waals surface area contributed by atoms with Crippen LogP contribution >= 0.6 is 0 Å². The Hall–Kier alpha value is -2.04. The van der Waals surface area contributed by atoms with Crippen molar-refractivity contribution in [3.8, 4) is 0 Å². The fourth-order valence-electron chi connectivity index (χ4n) is 3.60. The van der Waals surface area contributed by atoms with Crippen LogP contribution in [-0.4, -0.2) is 42.0 Å². The highest BCUT2D eigenvalue weighted by Crippen LogP contribution is 2.23. The van der Waals surface area contributed by atoms with Crippen molar-refractivity contribution in [2.24, 2.45) is 0 Å². The standard InChI is InChI=1S/C18H25N3O2/c1-2-14-8-6-7-12-21(14)18(23)19-16-11-13-20(17(16)22)15-9-4-3-5-10-15/h3-5,9-10,14,16H,2,6-8,11-13H2,1H3,(H,19,23)/t14-,16+/m1/s1. The monoisotopic (exact) mass is 315 g/mol.